The smallest absolute Gasteiger partial charge is 0.272 e. The van der Waals surface area contributed by atoms with Crippen LogP contribution in [0.15, 0.2) is 42.5 Å². The van der Waals surface area contributed by atoms with Crippen molar-refractivity contribution in [3.63, 3.8) is 0 Å². The molecule has 8 nitrogen and oxygen atoms in total. The standard InChI is InChI=1S/C34H47N5O3/c1-23-11-10-19-34(2,38-23)18-7-4-8-20-39-28-22-27(37-32(40)24-12-5-3-6-13-24)16-17-29(28)42-30(33(39)41)25-14-9-15-26(21-25)31(35)36/h9,14-17,21-24,30,38H,3-8,10-13,18-20H2,1-2H3,(H3,35,36)(H,37,40)/t23-,30?,34+/m0/s1. The zero-order valence-corrected chi connectivity index (χ0v) is 25.2. The van der Waals surface area contributed by atoms with Gasteiger partial charge < -0.3 is 26.0 Å². The number of nitrogens with one attached hydrogen (secondary N) is 3. The predicted octanol–water partition coefficient (Wildman–Crippen LogP) is 6.44. The van der Waals surface area contributed by atoms with E-state index in [0.29, 0.717) is 40.8 Å². The Morgan fingerprint density at radius 3 is 2.67 bits per heavy atom. The molecule has 2 aromatic rings. The van der Waals surface area contributed by atoms with Crippen LogP contribution in [0.1, 0.15) is 108 Å². The predicted molar refractivity (Wildman–Crippen MR) is 168 cm³/mol. The lowest BCUT2D eigenvalue weighted by molar-refractivity contribution is -0.126. The summed E-state index contributed by atoms with van der Waals surface area (Å²) in [5.41, 5.74) is 8.53. The van der Waals surface area contributed by atoms with Gasteiger partial charge in [-0.3, -0.25) is 15.0 Å². The van der Waals surface area contributed by atoms with E-state index in [0.717, 1.165) is 51.4 Å². The van der Waals surface area contributed by atoms with Gasteiger partial charge in [0.2, 0.25) is 12.0 Å². The van der Waals surface area contributed by atoms with E-state index in [2.05, 4.69) is 24.5 Å². The summed E-state index contributed by atoms with van der Waals surface area (Å²) in [5.74, 6) is 0.517. The first-order chi connectivity index (χ1) is 20.2. The van der Waals surface area contributed by atoms with Crippen LogP contribution in [0.2, 0.25) is 0 Å². The lowest BCUT2D eigenvalue weighted by Crippen LogP contribution is -2.50. The number of piperidine rings is 1. The highest BCUT2D eigenvalue weighted by atomic mass is 16.5. The van der Waals surface area contributed by atoms with E-state index in [1.54, 1.807) is 18.2 Å². The number of amidine groups is 1. The summed E-state index contributed by atoms with van der Waals surface area (Å²) in [6, 6.07) is 13.3. The van der Waals surface area contributed by atoms with Crippen LogP contribution in [0.25, 0.3) is 0 Å². The maximum absolute atomic E-state index is 14.0. The molecule has 1 saturated heterocycles. The molecule has 2 amide bonds. The quantitative estimate of drug-likeness (QED) is 0.148. The molecule has 1 unspecified atom stereocenters. The largest absolute Gasteiger partial charge is 0.474 e. The van der Waals surface area contributed by atoms with Crippen LogP contribution in [-0.2, 0) is 9.59 Å². The highest BCUT2D eigenvalue weighted by Crippen LogP contribution is 2.41. The first kappa shape index (κ1) is 30.1. The van der Waals surface area contributed by atoms with Crippen molar-refractivity contribution in [2.75, 3.05) is 16.8 Å². The second-order valence-electron chi connectivity index (χ2n) is 12.8. The Bertz CT molecular complexity index is 1290. The number of hydrogen-bond acceptors (Lipinski definition) is 5. The Balaban J connectivity index is 1.32. The summed E-state index contributed by atoms with van der Waals surface area (Å²) in [6.45, 7) is 5.18. The maximum atomic E-state index is 14.0. The maximum Gasteiger partial charge on any atom is 0.272 e. The molecule has 8 heteroatoms. The summed E-state index contributed by atoms with van der Waals surface area (Å²) in [6.07, 6.45) is 12.3. The van der Waals surface area contributed by atoms with Gasteiger partial charge in [0.1, 0.15) is 11.6 Å². The molecule has 0 spiro atoms. The van der Waals surface area contributed by atoms with Gasteiger partial charge in [-0.05, 0) is 76.6 Å². The van der Waals surface area contributed by atoms with E-state index >= 15 is 0 Å². The van der Waals surface area contributed by atoms with Crippen molar-refractivity contribution in [1.29, 1.82) is 5.41 Å². The minimum absolute atomic E-state index is 0.0465. The van der Waals surface area contributed by atoms with Crippen molar-refractivity contribution in [1.82, 2.24) is 5.32 Å². The topological polar surface area (TPSA) is 121 Å². The fourth-order valence-corrected chi connectivity index (χ4v) is 6.96. The summed E-state index contributed by atoms with van der Waals surface area (Å²) in [5, 5.41) is 14.7. The van der Waals surface area contributed by atoms with E-state index in [9.17, 15) is 9.59 Å². The molecule has 0 radical (unpaired) electrons. The van der Waals surface area contributed by atoms with Gasteiger partial charge in [0.05, 0.1) is 5.69 Å². The number of fused-ring (bicyclic) bond motifs is 1. The Morgan fingerprint density at radius 2 is 1.90 bits per heavy atom. The number of benzene rings is 2. The lowest BCUT2D eigenvalue weighted by Gasteiger charge is -2.39. The summed E-state index contributed by atoms with van der Waals surface area (Å²) >= 11 is 0. The number of ether oxygens (including phenoxy) is 1. The second-order valence-corrected chi connectivity index (χ2v) is 12.8. The third kappa shape index (κ3) is 7.14. The van der Waals surface area contributed by atoms with Crippen LogP contribution in [0, 0.1) is 11.3 Å². The van der Waals surface area contributed by atoms with Crippen molar-refractivity contribution >= 4 is 29.0 Å². The fraction of sp³-hybridized carbons (Fsp3) is 0.559. The second kappa shape index (κ2) is 13.3. The van der Waals surface area contributed by atoms with Crippen LogP contribution < -0.4 is 26.0 Å². The molecule has 3 atom stereocenters. The highest BCUT2D eigenvalue weighted by Gasteiger charge is 2.36. The van der Waals surface area contributed by atoms with Crippen LogP contribution in [0.5, 0.6) is 5.75 Å². The molecule has 1 aliphatic carbocycles. The number of rotatable bonds is 10. The Hall–Kier alpha value is -3.39. The van der Waals surface area contributed by atoms with Crippen molar-refractivity contribution in [2.24, 2.45) is 11.7 Å². The third-order valence-corrected chi connectivity index (χ3v) is 9.30. The average molecular weight is 574 g/mol. The number of carbonyl (C=O) groups is 2. The third-order valence-electron chi connectivity index (χ3n) is 9.30. The van der Waals surface area contributed by atoms with Gasteiger partial charge in [-0.15, -0.1) is 0 Å². The van der Waals surface area contributed by atoms with Crippen LogP contribution >= 0.6 is 0 Å². The van der Waals surface area contributed by atoms with E-state index in [4.69, 9.17) is 15.9 Å². The number of nitrogen functional groups attached to an aromatic ring is 1. The van der Waals surface area contributed by atoms with Crippen LogP contribution in [0.3, 0.4) is 0 Å². The van der Waals surface area contributed by atoms with Gasteiger partial charge in [-0.25, -0.2) is 0 Å². The van der Waals surface area contributed by atoms with Crippen molar-refractivity contribution in [3.05, 3.63) is 53.6 Å². The van der Waals surface area contributed by atoms with Crippen molar-refractivity contribution in [2.45, 2.75) is 109 Å². The van der Waals surface area contributed by atoms with E-state index in [-0.39, 0.29) is 29.1 Å². The molecule has 2 aromatic carbocycles. The first-order valence-electron chi connectivity index (χ1n) is 15.9. The van der Waals surface area contributed by atoms with Gasteiger partial charge >= 0.3 is 0 Å². The van der Waals surface area contributed by atoms with Crippen LogP contribution in [-0.4, -0.2) is 35.8 Å². The monoisotopic (exact) mass is 573 g/mol. The Morgan fingerprint density at radius 1 is 1.10 bits per heavy atom. The molecule has 5 rings (SSSR count). The summed E-state index contributed by atoms with van der Waals surface area (Å²) < 4.78 is 6.28. The SMILES string of the molecule is C[C@H]1CCC[C@@](C)(CCCCCN2C(=O)C(c3cccc(C(=N)N)c3)Oc3ccc(NC(=O)C4CCCCC4)cc32)N1. The van der Waals surface area contributed by atoms with Crippen molar-refractivity contribution < 1.29 is 14.3 Å². The molecule has 3 aliphatic rings. The van der Waals surface area contributed by atoms with E-state index < -0.39 is 6.10 Å². The summed E-state index contributed by atoms with van der Waals surface area (Å²) in [7, 11) is 0. The summed E-state index contributed by atoms with van der Waals surface area (Å²) in [4.78, 5) is 28.8. The van der Waals surface area contributed by atoms with E-state index in [1.165, 1.54) is 25.7 Å². The van der Waals surface area contributed by atoms with Gasteiger partial charge in [-0.2, -0.15) is 0 Å². The molecule has 0 bridgehead atoms. The average Bonchev–Trinajstić information content (AvgIpc) is 2.98. The fourth-order valence-electron chi connectivity index (χ4n) is 6.96. The van der Waals surface area contributed by atoms with Crippen molar-refractivity contribution in [3.8, 4) is 5.75 Å². The number of anilines is 2. The minimum atomic E-state index is -0.827. The molecule has 2 heterocycles. The molecule has 0 aromatic heterocycles. The number of carbonyl (C=O) groups excluding carboxylic acids is 2. The molecule has 226 valence electrons. The number of hydrogen-bond donors (Lipinski definition) is 4. The van der Waals surface area contributed by atoms with Gasteiger partial charge in [0.25, 0.3) is 5.91 Å². The molecule has 5 N–H and O–H groups in total. The Labute approximate surface area is 250 Å². The molecular weight excluding hydrogens is 526 g/mol. The number of nitrogens with zero attached hydrogens (tertiary/aromatic N) is 1. The number of amides is 2. The lowest BCUT2D eigenvalue weighted by atomic mass is 9.84. The first-order valence-corrected chi connectivity index (χ1v) is 15.9. The number of unbranched alkanes of at least 4 members (excludes halogenated alkanes) is 2. The molecule has 42 heavy (non-hydrogen) atoms. The minimum Gasteiger partial charge on any atom is -0.474 e. The molecule has 2 aliphatic heterocycles. The molecule has 2 fully saturated rings. The number of nitrogens with two attached hydrogens (primary N) is 1. The Kier molecular flexibility index (Phi) is 9.51. The molecule has 1 saturated carbocycles. The highest BCUT2D eigenvalue weighted by molar-refractivity contribution is 6.02. The van der Waals surface area contributed by atoms with Gasteiger partial charge in [0, 0.05) is 40.9 Å². The van der Waals surface area contributed by atoms with E-state index in [1.807, 2.05) is 29.2 Å². The molecular formula is C34H47N5O3. The van der Waals surface area contributed by atoms with Gasteiger partial charge in [-0.1, -0.05) is 56.7 Å². The zero-order valence-electron chi connectivity index (χ0n) is 25.2. The van der Waals surface area contributed by atoms with Crippen LogP contribution in [0.4, 0.5) is 11.4 Å². The zero-order chi connectivity index (χ0) is 29.7. The normalized spacial score (nSPS) is 24.5. The van der Waals surface area contributed by atoms with Gasteiger partial charge in [0.15, 0.2) is 0 Å².